The van der Waals surface area contributed by atoms with E-state index in [0.29, 0.717) is 5.92 Å². The molecule has 0 amide bonds. The van der Waals surface area contributed by atoms with Gasteiger partial charge < -0.3 is 15.0 Å². The van der Waals surface area contributed by atoms with Gasteiger partial charge in [0.15, 0.2) is 0 Å². The van der Waals surface area contributed by atoms with Gasteiger partial charge in [0, 0.05) is 38.4 Å². The Morgan fingerprint density at radius 3 is 3.00 bits per heavy atom. The van der Waals surface area contributed by atoms with Gasteiger partial charge in [0.25, 0.3) is 0 Å². The molecule has 0 spiro atoms. The van der Waals surface area contributed by atoms with Gasteiger partial charge in [0.2, 0.25) is 0 Å². The predicted octanol–water partition coefficient (Wildman–Crippen LogP) is 1.02. The number of anilines is 1. The van der Waals surface area contributed by atoms with Gasteiger partial charge in [-0.05, 0) is 5.92 Å². The fourth-order valence-corrected chi connectivity index (χ4v) is 2.02. The summed E-state index contributed by atoms with van der Waals surface area (Å²) in [7, 11) is 2.05. The first-order valence-electron chi connectivity index (χ1n) is 6.52. The van der Waals surface area contributed by atoms with Gasteiger partial charge in [0.05, 0.1) is 12.7 Å². The minimum Gasteiger partial charge on any atom is -0.374 e. The second-order valence-electron chi connectivity index (χ2n) is 5.03. The molecule has 5 heteroatoms. The third-order valence-corrected chi connectivity index (χ3v) is 3.14. The highest BCUT2D eigenvalue weighted by atomic mass is 16.5. The second kappa shape index (κ2) is 6.11. The number of hydrogen-bond donors (Lipinski definition) is 1. The van der Waals surface area contributed by atoms with Gasteiger partial charge in [-0.3, -0.25) is 0 Å². The maximum atomic E-state index is 5.70. The van der Waals surface area contributed by atoms with Crippen molar-refractivity contribution in [1.82, 2.24) is 15.3 Å². The minimum absolute atomic E-state index is 0.237. The molecule has 1 saturated heterocycles. The first-order chi connectivity index (χ1) is 8.66. The molecule has 1 aromatic rings. The van der Waals surface area contributed by atoms with Crippen molar-refractivity contribution in [2.75, 3.05) is 38.2 Å². The molecule has 0 saturated carbocycles. The van der Waals surface area contributed by atoms with Crippen molar-refractivity contribution in [3.05, 3.63) is 18.1 Å². The molecule has 0 aromatic carbocycles. The van der Waals surface area contributed by atoms with Crippen LogP contribution < -0.4 is 10.2 Å². The summed E-state index contributed by atoms with van der Waals surface area (Å²) in [6.07, 6.45) is 1.88. The molecule has 1 unspecified atom stereocenters. The van der Waals surface area contributed by atoms with Gasteiger partial charge in [0.1, 0.15) is 12.1 Å². The van der Waals surface area contributed by atoms with E-state index in [2.05, 4.69) is 40.1 Å². The maximum absolute atomic E-state index is 5.70. The third-order valence-electron chi connectivity index (χ3n) is 3.14. The van der Waals surface area contributed by atoms with Crippen molar-refractivity contribution in [3.63, 3.8) is 0 Å². The Bertz CT molecular complexity index is 377. The van der Waals surface area contributed by atoms with Crippen molar-refractivity contribution in [2.45, 2.75) is 25.9 Å². The normalized spacial score (nSPS) is 20.1. The molecule has 0 bridgehead atoms. The lowest BCUT2D eigenvalue weighted by molar-refractivity contribution is 0.0339. The molecule has 18 heavy (non-hydrogen) atoms. The molecular formula is C13H22N4O. The Kier molecular flexibility index (Phi) is 4.49. The average molecular weight is 250 g/mol. The molecule has 1 aliphatic heterocycles. The highest BCUT2D eigenvalue weighted by molar-refractivity contribution is 5.38. The van der Waals surface area contributed by atoms with E-state index in [1.54, 1.807) is 6.33 Å². The van der Waals surface area contributed by atoms with Gasteiger partial charge in [-0.1, -0.05) is 13.8 Å². The standard InChI is InChI=1S/C13H22N4O/c1-10(2)12-6-13(16-9-15-12)17(3)8-11-7-14-4-5-18-11/h6,9-11,14H,4-5,7-8H2,1-3H3. The number of hydrogen-bond acceptors (Lipinski definition) is 5. The van der Waals surface area contributed by atoms with Crippen LogP contribution in [0.2, 0.25) is 0 Å². The van der Waals surface area contributed by atoms with Crippen LogP contribution in [0, 0.1) is 0 Å². The van der Waals surface area contributed by atoms with Crippen LogP contribution in [-0.4, -0.2) is 49.4 Å². The fraction of sp³-hybridized carbons (Fsp3) is 0.692. The quantitative estimate of drug-likeness (QED) is 0.865. The first-order valence-corrected chi connectivity index (χ1v) is 6.52. The lowest BCUT2D eigenvalue weighted by atomic mass is 10.1. The molecule has 0 radical (unpaired) electrons. The molecule has 2 heterocycles. The number of rotatable bonds is 4. The van der Waals surface area contributed by atoms with Crippen molar-refractivity contribution >= 4 is 5.82 Å². The number of nitrogens with zero attached hydrogens (tertiary/aromatic N) is 3. The van der Waals surface area contributed by atoms with Gasteiger partial charge in [-0.15, -0.1) is 0 Å². The van der Waals surface area contributed by atoms with E-state index < -0.39 is 0 Å². The summed E-state index contributed by atoms with van der Waals surface area (Å²) >= 11 is 0. The van der Waals surface area contributed by atoms with Gasteiger partial charge in [-0.2, -0.15) is 0 Å². The minimum atomic E-state index is 0.237. The van der Waals surface area contributed by atoms with Crippen LogP contribution in [0.1, 0.15) is 25.5 Å². The predicted molar refractivity (Wildman–Crippen MR) is 72.0 cm³/mol. The Morgan fingerprint density at radius 1 is 1.50 bits per heavy atom. The lowest BCUT2D eigenvalue weighted by Gasteiger charge is -2.28. The molecule has 1 atom stereocenters. The Balaban J connectivity index is 1.99. The van der Waals surface area contributed by atoms with Crippen LogP contribution in [0.25, 0.3) is 0 Å². The summed E-state index contributed by atoms with van der Waals surface area (Å²) < 4.78 is 5.70. The Morgan fingerprint density at radius 2 is 2.33 bits per heavy atom. The summed E-state index contributed by atoms with van der Waals surface area (Å²) in [4.78, 5) is 10.7. The second-order valence-corrected chi connectivity index (χ2v) is 5.03. The van der Waals surface area contributed by atoms with Crippen LogP contribution >= 0.6 is 0 Å². The molecule has 2 rings (SSSR count). The van der Waals surface area contributed by atoms with E-state index in [4.69, 9.17) is 4.74 Å². The van der Waals surface area contributed by atoms with Crippen molar-refractivity contribution in [3.8, 4) is 0 Å². The molecule has 1 N–H and O–H groups in total. The average Bonchev–Trinajstić information content (AvgIpc) is 2.40. The monoisotopic (exact) mass is 250 g/mol. The van der Waals surface area contributed by atoms with Gasteiger partial charge >= 0.3 is 0 Å². The fourth-order valence-electron chi connectivity index (χ4n) is 2.02. The molecule has 1 aliphatic rings. The topological polar surface area (TPSA) is 50.3 Å². The molecular weight excluding hydrogens is 228 g/mol. The maximum Gasteiger partial charge on any atom is 0.132 e. The van der Waals surface area contributed by atoms with E-state index in [-0.39, 0.29) is 6.10 Å². The number of aromatic nitrogens is 2. The SMILES string of the molecule is CC(C)c1cc(N(C)CC2CNCCO2)ncn1. The van der Waals surface area contributed by atoms with Crippen molar-refractivity contribution < 1.29 is 4.74 Å². The zero-order valence-corrected chi connectivity index (χ0v) is 11.4. The molecule has 5 nitrogen and oxygen atoms in total. The molecule has 100 valence electrons. The highest BCUT2D eigenvalue weighted by Crippen LogP contribution is 2.16. The third kappa shape index (κ3) is 3.40. The zero-order valence-electron chi connectivity index (χ0n) is 11.4. The summed E-state index contributed by atoms with van der Waals surface area (Å²) in [6.45, 7) is 7.78. The zero-order chi connectivity index (χ0) is 13.0. The summed E-state index contributed by atoms with van der Waals surface area (Å²) in [5, 5.41) is 3.34. The summed E-state index contributed by atoms with van der Waals surface area (Å²) in [5.74, 6) is 1.38. The Hall–Kier alpha value is -1.20. The number of nitrogens with one attached hydrogen (secondary N) is 1. The van der Waals surface area contributed by atoms with E-state index in [9.17, 15) is 0 Å². The van der Waals surface area contributed by atoms with Crippen LogP contribution in [0.4, 0.5) is 5.82 Å². The molecule has 1 aromatic heterocycles. The summed E-state index contributed by atoms with van der Waals surface area (Å²) in [6, 6.07) is 2.06. The van der Waals surface area contributed by atoms with Crippen LogP contribution in [0.5, 0.6) is 0 Å². The van der Waals surface area contributed by atoms with E-state index >= 15 is 0 Å². The highest BCUT2D eigenvalue weighted by Gasteiger charge is 2.16. The number of ether oxygens (including phenoxy) is 1. The van der Waals surface area contributed by atoms with E-state index in [1.165, 1.54) is 0 Å². The largest absolute Gasteiger partial charge is 0.374 e. The summed E-state index contributed by atoms with van der Waals surface area (Å²) in [5.41, 5.74) is 1.08. The van der Waals surface area contributed by atoms with Crippen LogP contribution in [-0.2, 0) is 4.74 Å². The molecule has 1 fully saturated rings. The number of morpholine rings is 1. The van der Waals surface area contributed by atoms with Crippen LogP contribution in [0.15, 0.2) is 12.4 Å². The Labute approximate surface area is 109 Å². The van der Waals surface area contributed by atoms with E-state index in [0.717, 1.165) is 37.8 Å². The van der Waals surface area contributed by atoms with Crippen molar-refractivity contribution in [1.29, 1.82) is 0 Å². The smallest absolute Gasteiger partial charge is 0.132 e. The lowest BCUT2D eigenvalue weighted by Crippen LogP contribution is -2.44. The van der Waals surface area contributed by atoms with Crippen molar-refractivity contribution in [2.24, 2.45) is 0 Å². The first kappa shape index (κ1) is 13.2. The number of likely N-dealkylation sites (N-methyl/N-ethyl adjacent to an activating group) is 1. The molecule has 0 aliphatic carbocycles. The van der Waals surface area contributed by atoms with E-state index in [1.807, 2.05) is 7.05 Å². The van der Waals surface area contributed by atoms with Crippen LogP contribution in [0.3, 0.4) is 0 Å². The van der Waals surface area contributed by atoms with Gasteiger partial charge in [-0.25, -0.2) is 9.97 Å².